The van der Waals surface area contributed by atoms with Gasteiger partial charge in [-0.25, -0.2) is 4.79 Å². The zero-order valence-corrected chi connectivity index (χ0v) is 9.36. The fraction of sp³-hybridized carbons (Fsp3) is 0.727. The van der Waals surface area contributed by atoms with Gasteiger partial charge in [0.15, 0.2) is 12.6 Å². The molecule has 1 aliphatic carbocycles. The van der Waals surface area contributed by atoms with E-state index >= 15 is 0 Å². The normalized spacial score (nSPS) is 23.2. The molecule has 0 aromatic heterocycles. The second kappa shape index (κ2) is 4.95. The van der Waals surface area contributed by atoms with Crippen LogP contribution in [-0.2, 0) is 23.7 Å². The molecule has 1 heterocycles. The Balaban J connectivity index is 2.03. The molecule has 0 atom stereocenters. The number of hydrogen-bond donors (Lipinski definition) is 0. The first-order chi connectivity index (χ1) is 7.76. The molecule has 0 unspecified atom stereocenters. The molecule has 5 nitrogen and oxygen atoms in total. The monoisotopic (exact) mass is 228 g/mol. The predicted octanol–water partition coefficient (Wildman–Crippen LogP) is 0.987. The fourth-order valence-corrected chi connectivity index (χ4v) is 2.00. The largest absolute Gasteiger partial charge is 0.435 e. The minimum Gasteiger partial charge on any atom is -0.435 e. The summed E-state index contributed by atoms with van der Waals surface area (Å²) in [5.41, 5.74) is 0.616. The Kier molecular flexibility index (Phi) is 3.58. The number of carbonyl (C=O) groups is 1. The van der Waals surface area contributed by atoms with Crippen molar-refractivity contribution in [3.05, 3.63) is 11.6 Å². The zero-order chi connectivity index (χ0) is 11.4. The van der Waals surface area contributed by atoms with Crippen molar-refractivity contribution >= 4 is 5.97 Å². The van der Waals surface area contributed by atoms with E-state index in [9.17, 15) is 4.79 Å². The van der Waals surface area contributed by atoms with Crippen molar-refractivity contribution in [1.82, 2.24) is 0 Å². The Morgan fingerprint density at radius 2 is 2.25 bits per heavy atom. The predicted molar refractivity (Wildman–Crippen MR) is 54.5 cm³/mol. The van der Waals surface area contributed by atoms with Crippen LogP contribution in [0, 0.1) is 0 Å². The van der Waals surface area contributed by atoms with Gasteiger partial charge in [0.1, 0.15) is 0 Å². The van der Waals surface area contributed by atoms with Gasteiger partial charge in [0.25, 0.3) is 0 Å². The highest BCUT2D eigenvalue weighted by molar-refractivity contribution is 5.88. The molecule has 0 N–H and O–H groups in total. The zero-order valence-electron chi connectivity index (χ0n) is 9.36. The summed E-state index contributed by atoms with van der Waals surface area (Å²) >= 11 is 0. The number of methoxy groups -OCH3 is 1. The van der Waals surface area contributed by atoms with E-state index in [0.29, 0.717) is 25.2 Å². The van der Waals surface area contributed by atoms with Crippen molar-refractivity contribution in [1.29, 1.82) is 0 Å². The second-order valence-corrected chi connectivity index (χ2v) is 3.87. The van der Waals surface area contributed by atoms with Crippen molar-refractivity contribution in [2.75, 3.05) is 27.1 Å². The van der Waals surface area contributed by atoms with Gasteiger partial charge in [0, 0.05) is 19.1 Å². The number of ether oxygens (including phenoxy) is 4. The van der Waals surface area contributed by atoms with Crippen molar-refractivity contribution in [2.24, 2.45) is 0 Å². The molecule has 0 aromatic rings. The molecule has 1 saturated heterocycles. The maximum atomic E-state index is 11.6. The van der Waals surface area contributed by atoms with Crippen LogP contribution in [0.5, 0.6) is 0 Å². The summed E-state index contributed by atoms with van der Waals surface area (Å²) in [6, 6.07) is 0. The lowest BCUT2D eigenvalue weighted by Crippen LogP contribution is -2.32. The molecular weight excluding hydrogens is 212 g/mol. The average molecular weight is 228 g/mol. The summed E-state index contributed by atoms with van der Waals surface area (Å²) < 4.78 is 20.6. The van der Waals surface area contributed by atoms with Gasteiger partial charge in [-0.15, -0.1) is 0 Å². The third-order valence-corrected chi connectivity index (χ3v) is 2.71. The highest BCUT2D eigenvalue weighted by Gasteiger charge is 2.38. The fourth-order valence-electron chi connectivity index (χ4n) is 2.00. The van der Waals surface area contributed by atoms with Crippen LogP contribution in [0.25, 0.3) is 0 Å². The van der Waals surface area contributed by atoms with Gasteiger partial charge in [-0.1, -0.05) is 0 Å². The minimum absolute atomic E-state index is 0.0229. The van der Waals surface area contributed by atoms with E-state index in [-0.39, 0.29) is 12.8 Å². The van der Waals surface area contributed by atoms with Gasteiger partial charge in [-0.3, -0.25) is 0 Å². The summed E-state index contributed by atoms with van der Waals surface area (Å²) in [5.74, 6) is -1.03. The van der Waals surface area contributed by atoms with Crippen LogP contribution in [0.4, 0.5) is 0 Å². The van der Waals surface area contributed by atoms with Gasteiger partial charge >= 0.3 is 5.97 Å². The minimum atomic E-state index is -0.681. The number of esters is 1. The summed E-state index contributed by atoms with van der Waals surface area (Å²) in [7, 11) is 1.48. The molecule has 5 heteroatoms. The van der Waals surface area contributed by atoms with Crippen molar-refractivity contribution in [3.63, 3.8) is 0 Å². The molecule has 16 heavy (non-hydrogen) atoms. The summed E-state index contributed by atoms with van der Waals surface area (Å²) in [5, 5.41) is 0. The Morgan fingerprint density at radius 3 is 2.94 bits per heavy atom. The van der Waals surface area contributed by atoms with Crippen LogP contribution >= 0.6 is 0 Å². The lowest BCUT2D eigenvalue weighted by molar-refractivity contribution is -0.152. The Hall–Kier alpha value is -0.910. The van der Waals surface area contributed by atoms with E-state index in [4.69, 9.17) is 14.2 Å². The van der Waals surface area contributed by atoms with E-state index in [2.05, 4.69) is 4.74 Å². The van der Waals surface area contributed by atoms with Crippen molar-refractivity contribution < 1.29 is 23.7 Å². The molecule has 90 valence electrons. The maximum absolute atomic E-state index is 11.6. The number of rotatable bonds is 3. The lowest BCUT2D eigenvalue weighted by Gasteiger charge is -2.28. The van der Waals surface area contributed by atoms with Crippen LogP contribution in [0.2, 0.25) is 0 Å². The van der Waals surface area contributed by atoms with E-state index in [1.54, 1.807) is 6.08 Å². The molecular formula is C11H16O5. The van der Waals surface area contributed by atoms with Crippen LogP contribution in [-0.4, -0.2) is 38.9 Å². The summed E-state index contributed by atoms with van der Waals surface area (Å²) in [6.45, 7) is 1.14. The first-order valence-electron chi connectivity index (χ1n) is 5.41. The second-order valence-electron chi connectivity index (χ2n) is 3.87. The molecule has 1 fully saturated rings. The van der Waals surface area contributed by atoms with Gasteiger partial charge in [0.05, 0.1) is 13.2 Å². The number of hydrogen-bond acceptors (Lipinski definition) is 5. The van der Waals surface area contributed by atoms with E-state index in [0.717, 1.165) is 12.8 Å². The van der Waals surface area contributed by atoms with Gasteiger partial charge < -0.3 is 18.9 Å². The van der Waals surface area contributed by atoms with E-state index < -0.39 is 5.79 Å². The molecule has 0 amide bonds. The molecule has 0 radical (unpaired) electrons. The quantitative estimate of drug-likeness (QED) is 0.532. The molecule has 0 saturated carbocycles. The smallest absolute Gasteiger partial charge is 0.335 e. The molecule has 0 bridgehead atoms. The lowest BCUT2D eigenvalue weighted by atomic mass is 9.95. The van der Waals surface area contributed by atoms with Crippen LogP contribution in [0.1, 0.15) is 19.3 Å². The molecule has 1 aliphatic heterocycles. The Bertz CT molecular complexity index is 291. The van der Waals surface area contributed by atoms with Gasteiger partial charge in [-0.05, 0) is 18.9 Å². The first kappa shape index (κ1) is 11.6. The Morgan fingerprint density at radius 1 is 1.50 bits per heavy atom. The van der Waals surface area contributed by atoms with Gasteiger partial charge in [-0.2, -0.15) is 0 Å². The van der Waals surface area contributed by atoms with Gasteiger partial charge in [0.2, 0.25) is 0 Å². The third kappa shape index (κ3) is 2.42. The van der Waals surface area contributed by atoms with Crippen LogP contribution < -0.4 is 0 Å². The highest BCUT2D eigenvalue weighted by Crippen LogP contribution is 2.34. The summed E-state index contributed by atoms with van der Waals surface area (Å²) in [6.07, 6.45) is 4.13. The molecule has 2 aliphatic rings. The maximum Gasteiger partial charge on any atom is 0.335 e. The first-order valence-corrected chi connectivity index (χ1v) is 5.41. The standard InChI is InChI=1S/C11H16O5/c1-13-8-14-10(12)9-3-2-4-11(7-9)15-5-6-16-11/h7H,2-6,8H2,1H3. The van der Waals surface area contributed by atoms with Crippen molar-refractivity contribution in [3.8, 4) is 0 Å². The highest BCUT2D eigenvalue weighted by atomic mass is 16.7. The molecule has 0 aromatic carbocycles. The SMILES string of the molecule is COCOC(=O)C1=CC2(CCC1)OCCO2. The Labute approximate surface area is 94.3 Å². The van der Waals surface area contributed by atoms with E-state index in [1.165, 1.54) is 7.11 Å². The van der Waals surface area contributed by atoms with Crippen molar-refractivity contribution in [2.45, 2.75) is 25.0 Å². The average Bonchev–Trinajstić information content (AvgIpc) is 2.74. The topological polar surface area (TPSA) is 54.0 Å². The van der Waals surface area contributed by atoms with E-state index in [1.807, 2.05) is 0 Å². The summed E-state index contributed by atoms with van der Waals surface area (Å²) in [4.78, 5) is 11.6. The number of carbonyl (C=O) groups excluding carboxylic acids is 1. The molecule has 1 spiro atoms. The third-order valence-electron chi connectivity index (χ3n) is 2.71. The van der Waals surface area contributed by atoms with Crippen LogP contribution in [0.15, 0.2) is 11.6 Å². The van der Waals surface area contributed by atoms with Crippen LogP contribution in [0.3, 0.4) is 0 Å². The molecule has 2 rings (SSSR count).